The number of ether oxygens (including phenoxy) is 4. The second-order valence-electron chi connectivity index (χ2n) is 5.66. The summed E-state index contributed by atoms with van der Waals surface area (Å²) in [5.74, 6) is -1.39. The predicted octanol–water partition coefficient (Wildman–Crippen LogP) is 1.20. The fourth-order valence-electron chi connectivity index (χ4n) is 2.36. The topological polar surface area (TPSA) is 57.2 Å². The van der Waals surface area contributed by atoms with Crippen LogP contribution in [-0.4, -0.2) is 47.7 Å². The summed E-state index contributed by atoms with van der Waals surface area (Å²) in [5.41, 5.74) is 0. The molecule has 0 saturated carbocycles. The SMILES string of the molecule is C=C[C@H]1OC(C)(C)O[C@H]1C(O)[C@H]1COC(C)(C)O1. The minimum absolute atomic E-state index is 0.345. The van der Waals surface area contributed by atoms with Gasteiger partial charge in [-0.25, -0.2) is 0 Å². The van der Waals surface area contributed by atoms with Gasteiger partial charge < -0.3 is 24.1 Å². The molecule has 0 amide bonds. The third kappa shape index (κ3) is 2.75. The van der Waals surface area contributed by atoms with Gasteiger partial charge in [0.25, 0.3) is 0 Å². The van der Waals surface area contributed by atoms with Gasteiger partial charge in [0.05, 0.1) is 6.61 Å². The molecule has 5 nitrogen and oxygen atoms in total. The van der Waals surface area contributed by atoms with Gasteiger partial charge in [0.15, 0.2) is 11.6 Å². The molecule has 18 heavy (non-hydrogen) atoms. The Kier molecular flexibility index (Phi) is 3.55. The molecule has 5 heteroatoms. The lowest BCUT2D eigenvalue weighted by atomic mass is 10.0. The molecule has 0 spiro atoms. The van der Waals surface area contributed by atoms with Crippen molar-refractivity contribution in [2.45, 2.75) is 63.7 Å². The van der Waals surface area contributed by atoms with E-state index in [0.29, 0.717) is 6.61 Å². The maximum absolute atomic E-state index is 10.4. The summed E-state index contributed by atoms with van der Waals surface area (Å²) < 4.78 is 22.5. The Morgan fingerprint density at radius 1 is 1.17 bits per heavy atom. The average molecular weight is 258 g/mol. The monoisotopic (exact) mass is 258 g/mol. The molecular formula is C13H22O5. The molecule has 2 rings (SSSR count). The smallest absolute Gasteiger partial charge is 0.164 e. The van der Waals surface area contributed by atoms with Crippen molar-refractivity contribution in [2.24, 2.45) is 0 Å². The van der Waals surface area contributed by atoms with Gasteiger partial charge in [-0.3, -0.25) is 0 Å². The van der Waals surface area contributed by atoms with Crippen LogP contribution in [0, 0.1) is 0 Å². The first-order chi connectivity index (χ1) is 8.24. The van der Waals surface area contributed by atoms with Crippen LogP contribution >= 0.6 is 0 Å². The molecule has 104 valence electrons. The zero-order chi connectivity index (χ0) is 13.6. The molecule has 2 saturated heterocycles. The molecule has 0 aromatic rings. The molecule has 0 aromatic heterocycles. The van der Waals surface area contributed by atoms with E-state index in [-0.39, 0.29) is 6.10 Å². The Balaban J connectivity index is 2.05. The lowest BCUT2D eigenvalue weighted by molar-refractivity contribution is -0.178. The molecule has 4 atom stereocenters. The van der Waals surface area contributed by atoms with Crippen LogP contribution in [0.15, 0.2) is 12.7 Å². The molecule has 1 N–H and O–H groups in total. The highest BCUT2D eigenvalue weighted by Crippen LogP contribution is 2.34. The number of hydrogen-bond acceptors (Lipinski definition) is 5. The summed E-state index contributed by atoms with van der Waals surface area (Å²) in [5, 5.41) is 10.4. The highest BCUT2D eigenvalue weighted by atomic mass is 16.8. The highest BCUT2D eigenvalue weighted by Gasteiger charge is 2.48. The van der Waals surface area contributed by atoms with Gasteiger partial charge in [-0.2, -0.15) is 0 Å². The maximum atomic E-state index is 10.4. The largest absolute Gasteiger partial charge is 0.387 e. The Hall–Kier alpha value is -0.460. The molecular weight excluding hydrogens is 236 g/mol. The Labute approximate surface area is 108 Å². The molecule has 2 aliphatic rings. The molecule has 0 aromatic carbocycles. The van der Waals surface area contributed by atoms with Crippen LogP contribution in [0.5, 0.6) is 0 Å². The summed E-state index contributed by atoms with van der Waals surface area (Å²) in [6, 6.07) is 0. The van der Waals surface area contributed by atoms with Crippen LogP contribution in [0.1, 0.15) is 27.7 Å². The van der Waals surface area contributed by atoms with Gasteiger partial charge in [-0.15, -0.1) is 6.58 Å². The standard InChI is InChI=1S/C13H22O5/c1-6-8-11(18-13(4,5)16-8)10(14)9-7-15-12(2,3)17-9/h6,8-11,14H,1,7H2,2-5H3/t8-,9-,10?,11-/m1/s1. The molecule has 0 bridgehead atoms. The van der Waals surface area contributed by atoms with Crippen LogP contribution in [-0.2, 0) is 18.9 Å². The van der Waals surface area contributed by atoms with E-state index in [2.05, 4.69) is 6.58 Å². The normalized spacial score (nSPS) is 39.7. The molecule has 1 unspecified atom stereocenters. The van der Waals surface area contributed by atoms with Crippen molar-refractivity contribution in [3.05, 3.63) is 12.7 Å². The van der Waals surface area contributed by atoms with E-state index in [1.165, 1.54) is 0 Å². The second kappa shape index (κ2) is 4.58. The van der Waals surface area contributed by atoms with E-state index in [1.54, 1.807) is 6.08 Å². The van der Waals surface area contributed by atoms with Crippen molar-refractivity contribution in [1.29, 1.82) is 0 Å². The number of rotatable bonds is 3. The maximum Gasteiger partial charge on any atom is 0.164 e. The fourth-order valence-corrected chi connectivity index (χ4v) is 2.36. The molecule has 0 aliphatic carbocycles. The van der Waals surface area contributed by atoms with Crippen LogP contribution < -0.4 is 0 Å². The van der Waals surface area contributed by atoms with Crippen molar-refractivity contribution in [3.8, 4) is 0 Å². The van der Waals surface area contributed by atoms with E-state index < -0.39 is 29.9 Å². The van der Waals surface area contributed by atoms with E-state index in [1.807, 2.05) is 27.7 Å². The molecule has 2 heterocycles. The summed E-state index contributed by atoms with van der Waals surface area (Å²) in [7, 11) is 0. The first kappa shape index (κ1) is 14.0. The minimum Gasteiger partial charge on any atom is -0.387 e. The first-order valence-corrected chi connectivity index (χ1v) is 6.22. The third-order valence-corrected chi connectivity index (χ3v) is 3.14. The van der Waals surface area contributed by atoms with Gasteiger partial charge in [0, 0.05) is 0 Å². The van der Waals surface area contributed by atoms with Gasteiger partial charge in [-0.05, 0) is 27.7 Å². The molecule has 2 fully saturated rings. The molecule has 0 radical (unpaired) electrons. The van der Waals surface area contributed by atoms with Crippen LogP contribution in [0.2, 0.25) is 0 Å². The third-order valence-electron chi connectivity index (χ3n) is 3.14. The summed E-state index contributed by atoms with van der Waals surface area (Å²) in [6.45, 7) is 11.3. The highest BCUT2D eigenvalue weighted by molar-refractivity contribution is 4.99. The van der Waals surface area contributed by atoms with Crippen molar-refractivity contribution < 1.29 is 24.1 Å². The zero-order valence-electron chi connectivity index (χ0n) is 11.4. The quantitative estimate of drug-likeness (QED) is 0.771. The van der Waals surface area contributed by atoms with E-state index in [0.717, 1.165) is 0 Å². The van der Waals surface area contributed by atoms with Gasteiger partial charge >= 0.3 is 0 Å². The van der Waals surface area contributed by atoms with Crippen LogP contribution in [0.3, 0.4) is 0 Å². The van der Waals surface area contributed by atoms with Crippen LogP contribution in [0.25, 0.3) is 0 Å². The van der Waals surface area contributed by atoms with Crippen LogP contribution in [0.4, 0.5) is 0 Å². The Morgan fingerprint density at radius 3 is 2.33 bits per heavy atom. The van der Waals surface area contributed by atoms with Crippen molar-refractivity contribution in [3.63, 3.8) is 0 Å². The van der Waals surface area contributed by atoms with Crippen molar-refractivity contribution in [2.75, 3.05) is 6.61 Å². The second-order valence-corrected chi connectivity index (χ2v) is 5.66. The van der Waals surface area contributed by atoms with Gasteiger partial charge in [-0.1, -0.05) is 6.08 Å². The van der Waals surface area contributed by atoms with Gasteiger partial charge in [0.1, 0.15) is 24.4 Å². The Morgan fingerprint density at radius 2 is 1.83 bits per heavy atom. The summed E-state index contributed by atoms with van der Waals surface area (Å²) in [4.78, 5) is 0. The summed E-state index contributed by atoms with van der Waals surface area (Å²) >= 11 is 0. The van der Waals surface area contributed by atoms with Gasteiger partial charge in [0.2, 0.25) is 0 Å². The lowest BCUT2D eigenvalue weighted by Gasteiger charge is -2.26. The Bertz CT molecular complexity index is 325. The number of aliphatic hydroxyl groups excluding tert-OH is 1. The first-order valence-electron chi connectivity index (χ1n) is 6.22. The number of aliphatic hydroxyl groups is 1. The van der Waals surface area contributed by atoms with E-state index in [9.17, 15) is 5.11 Å². The van der Waals surface area contributed by atoms with E-state index >= 15 is 0 Å². The number of hydrogen-bond donors (Lipinski definition) is 1. The zero-order valence-corrected chi connectivity index (χ0v) is 11.4. The fraction of sp³-hybridized carbons (Fsp3) is 0.846. The van der Waals surface area contributed by atoms with E-state index in [4.69, 9.17) is 18.9 Å². The minimum atomic E-state index is -0.809. The lowest BCUT2D eigenvalue weighted by Crippen LogP contribution is -2.44. The molecule has 2 aliphatic heterocycles. The van der Waals surface area contributed by atoms with Crippen molar-refractivity contribution >= 4 is 0 Å². The summed E-state index contributed by atoms with van der Waals surface area (Å²) in [6.07, 6.45) is -0.410. The average Bonchev–Trinajstić information content (AvgIpc) is 2.77. The predicted molar refractivity (Wildman–Crippen MR) is 64.9 cm³/mol. The van der Waals surface area contributed by atoms with Crippen molar-refractivity contribution in [1.82, 2.24) is 0 Å².